The number of rotatable bonds is 43. The molecule has 0 spiro atoms. The third kappa shape index (κ3) is 25.2. The van der Waals surface area contributed by atoms with Crippen molar-refractivity contribution >= 4 is 17.8 Å². The molecule has 2 N–H and O–H groups in total. The Bertz CT molecular complexity index is 1160. The predicted octanol–water partition coefficient (Wildman–Crippen LogP) is 16.6. The van der Waals surface area contributed by atoms with Gasteiger partial charge in [-0.2, -0.15) is 68.8 Å². The molecule has 0 fully saturated rings. The molecular weight excluding hydrogens is 890 g/mol. The van der Waals surface area contributed by atoms with Crippen LogP contribution in [0.15, 0.2) is 0 Å². The van der Waals surface area contributed by atoms with Crippen molar-refractivity contribution in [2.75, 3.05) is 51.8 Å². The summed E-state index contributed by atoms with van der Waals surface area (Å²) in [7, 11) is 4.11. The summed E-state index contributed by atoms with van der Waals surface area (Å²) in [4.78, 5) is 12.1. The van der Waals surface area contributed by atoms with Gasteiger partial charge >= 0.3 is 41.8 Å². The molecule has 0 saturated heterocycles. The van der Waals surface area contributed by atoms with Crippen LogP contribution in [0.2, 0.25) is 0 Å². The van der Waals surface area contributed by atoms with Crippen molar-refractivity contribution in [2.45, 2.75) is 235 Å². The molecule has 384 valence electrons. The first-order chi connectivity index (χ1) is 29.9. The predicted molar refractivity (Wildman–Crippen MR) is 236 cm³/mol. The van der Waals surface area contributed by atoms with Crippen molar-refractivity contribution < 1.29 is 66.4 Å². The lowest BCUT2D eigenvalue weighted by Crippen LogP contribution is -2.70. The first-order valence-electron chi connectivity index (χ1n) is 24.3. The fourth-order valence-corrected chi connectivity index (χ4v) is 8.45. The minimum absolute atomic E-state index is 0.0000856. The van der Waals surface area contributed by atoms with Crippen molar-refractivity contribution in [3.63, 3.8) is 0 Å². The van der Waals surface area contributed by atoms with Crippen LogP contribution in [0.3, 0.4) is 0 Å². The highest BCUT2D eigenvalue weighted by Crippen LogP contribution is 2.60. The number of alkyl halides is 13. The number of quaternary nitrogens is 1. The maximum Gasteiger partial charge on any atom is 0.460 e. The van der Waals surface area contributed by atoms with Gasteiger partial charge < -0.3 is 15.1 Å². The van der Waals surface area contributed by atoms with Crippen LogP contribution in [0, 0.1) is 0 Å². The number of amides is 2. The van der Waals surface area contributed by atoms with Gasteiger partial charge in [0.2, 0.25) is 0 Å². The number of thioether (sulfide) groups is 1. The highest BCUT2D eigenvalue weighted by atomic mass is 32.2. The monoisotopic (exact) mass is 973 g/mol. The Morgan fingerprint density at radius 3 is 1.09 bits per heavy atom. The number of hydrogen-bond donors (Lipinski definition) is 2. The summed E-state index contributed by atoms with van der Waals surface area (Å²) in [6.07, 6.45) is 28.2. The van der Waals surface area contributed by atoms with Crippen molar-refractivity contribution in [3.05, 3.63) is 0 Å². The van der Waals surface area contributed by atoms with E-state index in [2.05, 4.69) is 31.7 Å². The molecule has 0 unspecified atom stereocenters. The minimum Gasteiger partial charge on any atom is -0.338 e. The molecule has 0 aliphatic carbocycles. The molecule has 0 heterocycles. The normalized spacial score (nSPS) is 13.5. The fourth-order valence-electron chi connectivity index (χ4n) is 7.49. The zero-order valence-electron chi connectivity index (χ0n) is 39.1. The van der Waals surface area contributed by atoms with E-state index in [1.807, 2.05) is 0 Å². The molecule has 0 atom stereocenters. The molecule has 0 aromatic rings. The Morgan fingerprint density at radius 2 is 0.734 bits per heavy atom. The molecule has 0 aliphatic rings. The zero-order valence-corrected chi connectivity index (χ0v) is 39.9. The SMILES string of the molecule is CCCCCCCCCCCCCCCCCCCCCCCCCCCCCC[N+](C)(C)CCNC(=O)NCCCSCCC(F)(F)C(F)(F)C(F)(F)C(F)(F)C(F)(F)C(F)(F)F. The molecule has 0 aliphatic heterocycles. The molecular formula is C46H83F13N3OS+. The summed E-state index contributed by atoms with van der Waals surface area (Å²) in [6.45, 7) is 4.22. The maximum atomic E-state index is 13.9. The molecule has 0 radical (unpaired) electrons. The van der Waals surface area contributed by atoms with Crippen molar-refractivity contribution in [1.82, 2.24) is 10.6 Å². The van der Waals surface area contributed by atoms with Gasteiger partial charge in [-0.05, 0) is 30.8 Å². The molecule has 4 nitrogen and oxygen atoms in total. The smallest absolute Gasteiger partial charge is 0.338 e. The van der Waals surface area contributed by atoms with E-state index >= 15 is 0 Å². The number of halogens is 13. The summed E-state index contributed by atoms with van der Waals surface area (Å²) < 4.78 is 173. The lowest BCUT2D eigenvalue weighted by molar-refractivity contribution is -0.889. The van der Waals surface area contributed by atoms with E-state index < -0.39 is 54.0 Å². The Hall–Kier alpha value is -1.33. The van der Waals surface area contributed by atoms with E-state index in [9.17, 15) is 61.9 Å². The van der Waals surface area contributed by atoms with Crippen LogP contribution in [0.25, 0.3) is 0 Å². The highest BCUT2D eigenvalue weighted by molar-refractivity contribution is 7.99. The average molecular weight is 973 g/mol. The standard InChI is InChI=1S/C46H82F13N3OS/c1-4-5-6-7-8-9-10-11-12-13-14-15-16-17-18-19-20-21-22-23-24-25-26-27-28-29-30-31-36-62(2,3)37-35-61-40(63)60-34-32-38-64-39-33-41(47,48)42(49,50)43(51,52)44(53,54)45(55,56)46(57,58)59/h4-39H2,1-3H3,(H-,60,61,63)/p+1. The summed E-state index contributed by atoms with van der Waals surface area (Å²) in [5.74, 6) is -37.8. The molecule has 0 rings (SSSR count). The van der Waals surface area contributed by atoms with Gasteiger partial charge in [-0.1, -0.05) is 174 Å². The number of nitrogens with one attached hydrogen (secondary N) is 2. The lowest BCUT2D eigenvalue weighted by atomic mass is 9.93. The third-order valence-electron chi connectivity index (χ3n) is 11.9. The van der Waals surface area contributed by atoms with Gasteiger partial charge in [0.25, 0.3) is 0 Å². The average Bonchev–Trinajstić information content (AvgIpc) is 3.20. The van der Waals surface area contributed by atoms with Crippen molar-refractivity contribution in [3.8, 4) is 0 Å². The van der Waals surface area contributed by atoms with Gasteiger partial charge in [0.15, 0.2) is 0 Å². The first-order valence-corrected chi connectivity index (χ1v) is 25.4. The number of unbranched alkanes of at least 4 members (excludes halogenated alkanes) is 27. The molecule has 18 heteroatoms. The second kappa shape index (κ2) is 33.2. The quantitative estimate of drug-likeness (QED) is 0.0363. The lowest BCUT2D eigenvalue weighted by Gasteiger charge is -2.39. The third-order valence-corrected chi connectivity index (χ3v) is 13.0. The minimum atomic E-state index is -7.89. The van der Waals surface area contributed by atoms with Gasteiger partial charge in [-0.15, -0.1) is 0 Å². The summed E-state index contributed by atoms with van der Waals surface area (Å²) in [5.41, 5.74) is 0. The number of carbonyl (C=O) groups excluding carboxylic acids is 1. The molecule has 0 bridgehead atoms. The Balaban J connectivity index is 3.79. The largest absolute Gasteiger partial charge is 0.460 e. The van der Waals surface area contributed by atoms with Gasteiger partial charge in [0, 0.05) is 13.0 Å². The number of nitrogens with zero attached hydrogens (tertiary/aromatic N) is 1. The number of hydrogen-bond acceptors (Lipinski definition) is 2. The van der Waals surface area contributed by atoms with Crippen LogP contribution in [-0.4, -0.2) is 98.1 Å². The van der Waals surface area contributed by atoms with E-state index in [1.165, 1.54) is 167 Å². The van der Waals surface area contributed by atoms with Crippen LogP contribution in [0.1, 0.15) is 200 Å². The van der Waals surface area contributed by atoms with Gasteiger partial charge in [-0.3, -0.25) is 0 Å². The number of likely N-dealkylation sites (N-methyl/N-ethyl adjacent to an activating group) is 1. The molecule has 64 heavy (non-hydrogen) atoms. The molecule has 0 aromatic heterocycles. The van der Waals surface area contributed by atoms with Crippen LogP contribution in [0.4, 0.5) is 61.9 Å². The van der Waals surface area contributed by atoms with Crippen LogP contribution in [-0.2, 0) is 0 Å². The number of urea groups is 1. The van der Waals surface area contributed by atoms with Crippen molar-refractivity contribution in [1.29, 1.82) is 0 Å². The second-order valence-corrected chi connectivity index (χ2v) is 19.6. The van der Waals surface area contributed by atoms with E-state index in [0.29, 0.717) is 29.3 Å². The zero-order chi connectivity index (χ0) is 48.7. The van der Waals surface area contributed by atoms with Crippen LogP contribution < -0.4 is 10.6 Å². The second-order valence-electron chi connectivity index (χ2n) is 18.3. The summed E-state index contributed by atoms with van der Waals surface area (Å²) >= 11 is 0.474. The Labute approximate surface area is 381 Å². The van der Waals surface area contributed by atoms with Gasteiger partial charge in [0.1, 0.15) is 0 Å². The Kier molecular flexibility index (Phi) is 32.5. The first kappa shape index (κ1) is 62.7. The summed E-state index contributed by atoms with van der Waals surface area (Å²) in [6, 6.07) is -0.527. The Morgan fingerprint density at radius 1 is 0.406 bits per heavy atom. The molecule has 2 amide bonds. The molecule has 0 aromatic carbocycles. The fraction of sp³-hybridized carbons (Fsp3) is 0.978. The van der Waals surface area contributed by atoms with Crippen LogP contribution in [0.5, 0.6) is 0 Å². The highest BCUT2D eigenvalue weighted by Gasteiger charge is 2.90. The van der Waals surface area contributed by atoms with E-state index in [0.717, 1.165) is 19.4 Å². The van der Waals surface area contributed by atoms with Crippen molar-refractivity contribution in [2.24, 2.45) is 0 Å². The van der Waals surface area contributed by atoms with E-state index in [1.54, 1.807) is 0 Å². The maximum absolute atomic E-state index is 13.9. The number of carbonyl (C=O) groups is 1. The van der Waals surface area contributed by atoms with E-state index in [-0.39, 0.29) is 18.7 Å². The van der Waals surface area contributed by atoms with Gasteiger partial charge in [-0.25, -0.2) is 4.79 Å². The summed E-state index contributed by atoms with van der Waals surface area (Å²) in [5, 5.41) is 5.18. The topological polar surface area (TPSA) is 41.1 Å². The van der Waals surface area contributed by atoms with Crippen LogP contribution >= 0.6 is 11.8 Å². The molecule has 0 saturated carbocycles. The van der Waals surface area contributed by atoms with E-state index in [4.69, 9.17) is 0 Å². The van der Waals surface area contributed by atoms with Gasteiger partial charge in [0.05, 0.1) is 33.7 Å².